The Morgan fingerprint density at radius 3 is 2.79 bits per heavy atom. The van der Waals surface area contributed by atoms with Gasteiger partial charge in [0.2, 0.25) is 0 Å². The number of carbonyl (C=O) groups is 1. The number of hydrogen-bond donors (Lipinski definition) is 1. The van der Waals surface area contributed by atoms with Crippen LogP contribution in [0.4, 0.5) is 10.5 Å². The Hall–Kier alpha value is -1.71. The first-order chi connectivity index (χ1) is 11.4. The van der Waals surface area contributed by atoms with Crippen molar-refractivity contribution in [3.05, 3.63) is 29.3 Å². The summed E-state index contributed by atoms with van der Waals surface area (Å²) in [5.74, 6) is 1.90. The van der Waals surface area contributed by atoms with Crippen LogP contribution < -0.4 is 5.32 Å². The number of anilines is 1. The predicted octanol–water partition coefficient (Wildman–Crippen LogP) is 4.19. The second kappa shape index (κ2) is 5.68. The quantitative estimate of drug-likeness (QED) is 0.885. The minimum absolute atomic E-state index is 0.205. The van der Waals surface area contributed by atoms with Gasteiger partial charge in [0.1, 0.15) is 5.60 Å². The zero-order valence-electron chi connectivity index (χ0n) is 15.0. The van der Waals surface area contributed by atoms with Crippen LogP contribution in [0.15, 0.2) is 18.2 Å². The second-order valence-corrected chi connectivity index (χ2v) is 8.58. The van der Waals surface area contributed by atoms with E-state index >= 15 is 0 Å². The van der Waals surface area contributed by atoms with E-state index in [2.05, 4.69) is 23.5 Å². The SMILES string of the molecule is CC(C)(C)OC(=O)N1CCc2c(cccc2NC2CC[C@H]3C[C@@H]23)C1. The van der Waals surface area contributed by atoms with Crippen LogP contribution >= 0.6 is 0 Å². The largest absolute Gasteiger partial charge is 0.444 e. The molecule has 3 aliphatic rings. The smallest absolute Gasteiger partial charge is 0.410 e. The number of fused-ring (bicyclic) bond motifs is 2. The molecule has 2 aliphatic carbocycles. The summed E-state index contributed by atoms with van der Waals surface area (Å²) >= 11 is 0. The summed E-state index contributed by atoms with van der Waals surface area (Å²) in [6.07, 6.45) is 4.81. The first kappa shape index (κ1) is 15.8. The van der Waals surface area contributed by atoms with E-state index in [1.165, 1.54) is 36.1 Å². The molecule has 1 aliphatic heterocycles. The molecule has 1 aromatic carbocycles. The molecule has 1 unspecified atom stereocenters. The lowest BCUT2D eigenvalue weighted by atomic mass is 9.97. The van der Waals surface area contributed by atoms with Crippen molar-refractivity contribution < 1.29 is 9.53 Å². The second-order valence-electron chi connectivity index (χ2n) is 8.58. The van der Waals surface area contributed by atoms with Crippen molar-refractivity contribution in [1.29, 1.82) is 0 Å². The van der Waals surface area contributed by atoms with Crippen molar-refractivity contribution in [3.8, 4) is 0 Å². The summed E-state index contributed by atoms with van der Waals surface area (Å²) in [6.45, 7) is 7.13. The minimum Gasteiger partial charge on any atom is -0.444 e. The van der Waals surface area contributed by atoms with Crippen molar-refractivity contribution in [3.63, 3.8) is 0 Å². The van der Waals surface area contributed by atoms with Crippen LogP contribution in [0.2, 0.25) is 0 Å². The highest BCUT2D eigenvalue weighted by Gasteiger charge is 2.48. The van der Waals surface area contributed by atoms with Crippen LogP contribution in [0.25, 0.3) is 0 Å². The van der Waals surface area contributed by atoms with Crippen LogP contribution in [-0.4, -0.2) is 29.2 Å². The van der Waals surface area contributed by atoms with E-state index in [-0.39, 0.29) is 6.09 Å². The van der Waals surface area contributed by atoms with E-state index in [1.54, 1.807) is 0 Å². The van der Waals surface area contributed by atoms with Crippen LogP contribution in [0.5, 0.6) is 0 Å². The molecule has 4 nitrogen and oxygen atoms in total. The predicted molar refractivity (Wildman–Crippen MR) is 95.0 cm³/mol. The number of carbonyl (C=O) groups excluding carboxylic acids is 1. The molecular formula is C20H28N2O2. The molecule has 1 aromatic rings. The molecule has 1 amide bonds. The summed E-state index contributed by atoms with van der Waals surface area (Å²) in [5.41, 5.74) is 3.49. The van der Waals surface area contributed by atoms with Gasteiger partial charge in [-0.05, 0) is 75.5 Å². The van der Waals surface area contributed by atoms with Gasteiger partial charge in [-0.3, -0.25) is 0 Å². The lowest BCUT2D eigenvalue weighted by Crippen LogP contribution is -2.40. The average molecular weight is 328 g/mol. The van der Waals surface area contributed by atoms with Gasteiger partial charge in [0.15, 0.2) is 0 Å². The van der Waals surface area contributed by atoms with Crippen LogP contribution in [-0.2, 0) is 17.7 Å². The molecular weight excluding hydrogens is 300 g/mol. The van der Waals surface area contributed by atoms with Gasteiger partial charge in [-0.1, -0.05) is 12.1 Å². The van der Waals surface area contributed by atoms with Gasteiger partial charge in [0.05, 0.1) is 0 Å². The van der Waals surface area contributed by atoms with Gasteiger partial charge in [-0.25, -0.2) is 4.79 Å². The topological polar surface area (TPSA) is 41.6 Å². The highest BCUT2D eigenvalue weighted by Crippen LogP contribution is 2.52. The minimum atomic E-state index is -0.440. The highest BCUT2D eigenvalue weighted by molar-refractivity contribution is 5.69. The van der Waals surface area contributed by atoms with Crippen LogP contribution in [0, 0.1) is 11.8 Å². The highest BCUT2D eigenvalue weighted by atomic mass is 16.6. The van der Waals surface area contributed by atoms with E-state index in [9.17, 15) is 4.79 Å². The standard InChI is InChI=1S/C20H28N2O2/c1-20(2,3)24-19(23)22-10-9-15-14(12-22)5-4-6-17(15)21-18-8-7-13-11-16(13)18/h4-6,13,16,18,21H,7-12H2,1-3H3/t13-,16+,18?/m0/s1. The van der Waals surface area contributed by atoms with Gasteiger partial charge < -0.3 is 15.0 Å². The van der Waals surface area contributed by atoms with E-state index < -0.39 is 5.60 Å². The molecule has 2 saturated carbocycles. The van der Waals surface area contributed by atoms with E-state index in [4.69, 9.17) is 4.74 Å². The van der Waals surface area contributed by atoms with Crippen molar-refractivity contribution in [2.45, 2.75) is 64.6 Å². The number of rotatable bonds is 2. The van der Waals surface area contributed by atoms with E-state index in [0.717, 1.165) is 24.8 Å². The van der Waals surface area contributed by atoms with Gasteiger partial charge in [0, 0.05) is 24.8 Å². The number of benzene rings is 1. The fourth-order valence-corrected chi connectivity index (χ4v) is 4.31. The Morgan fingerprint density at radius 1 is 1.29 bits per heavy atom. The van der Waals surface area contributed by atoms with Gasteiger partial charge in [0.25, 0.3) is 0 Å². The summed E-state index contributed by atoms with van der Waals surface area (Å²) in [6, 6.07) is 7.12. The van der Waals surface area contributed by atoms with E-state index in [0.29, 0.717) is 12.6 Å². The molecule has 130 valence electrons. The number of hydrogen-bond acceptors (Lipinski definition) is 3. The molecule has 4 heteroatoms. The van der Waals surface area contributed by atoms with Crippen molar-refractivity contribution >= 4 is 11.8 Å². The number of nitrogens with zero attached hydrogens (tertiary/aromatic N) is 1. The lowest BCUT2D eigenvalue weighted by Gasteiger charge is -2.32. The van der Waals surface area contributed by atoms with Gasteiger partial charge in [-0.2, -0.15) is 0 Å². The van der Waals surface area contributed by atoms with Crippen LogP contribution in [0.3, 0.4) is 0 Å². The molecule has 0 bridgehead atoms. The molecule has 0 saturated heterocycles. The molecule has 0 radical (unpaired) electrons. The van der Waals surface area contributed by atoms with Gasteiger partial charge in [-0.15, -0.1) is 0 Å². The first-order valence-corrected chi connectivity index (χ1v) is 9.26. The zero-order valence-corrected chi connectivity index (χ0v) is 15.0. The Bertz CT molecular complexity index is 650. The number of nitrogens with one attached hydrogen (secondary N) is 1. The Kier molecular flexibility index (Phi) is 3.74. The molecule has 24 heavy (non-hydrogen) atoms. The maximum atomic E-state index is 12.3. The Morgan fingerprint density at radius 2 is 2.12 bits per heavy atom. The zero-order chi connectivity index (χ0) is 16.9. The molecule has 4 rings (SSSR count). The van der Waals surface area contributed by atoms with Crippen molar-refractivity contribution in [1.82, 2.24) is 4.90 Å². The average Bonchev–Trinajstić information content (AvgIpc) is 3.20. The number of amides is 1. The summed E-state index contributed by atoms with van der Waals surface area (Å²) in [4.78, 5) is 14.1. The Balaban J connectivity index is 1.46. The molecule has 0 spiro atoms. The normalized spacial score (nSPS) is 28.1. The fourth-order valence-electron chi connectivity index (χ4n) is 4.31. The molecule has 1 heterocycles. The lowest BCUT2D eigenvalue weighted by molar-refractivity contribution is 0.0224. The molecule has 3 atom stereocenters. The monoisotopic (exact) mass is 328 g/mol. The van der Waals surface area contributed by atoms with Gasteiger partial charge >= 0.3 is 6.09 Å². The molecule has 2 fully saturated rings. The summed E-state index contributed by atoms with van der Waals surface area (Å²) in [5, 5.41) is 3.81. The number of ether oxygens (including phenoxy) is 1. The molecule has 0 aromatic heterocycles. The molecule has 1 N–H and O–H groups in total. The fraction of sp³-hybridized carbons (Fsp3) is 0.650. The van der Waals surface area contributed by atoms with Crippen molar-refractivity contribution in [2.75, 3.05) is 11.9 Å². The maximum Gasteiger partial charge on any atom is 0.410 e. The summed E-state index contributed by atoms with van der Waals surface area (Å²) in [7, 11) is 0. The first-order valence-electron chi connectivity index (χ1n) is 9.26. The third-order valence-corrected chi connectivity index (χ3v) is 5.60. The summed E-state index contributed by atoms with van der Waals surface area (Å²) < 4.78 is 5.52. The Labute approximate surface area is 144 Å². The van der Waals surface area contributed by atoms with Crippen molar-refractivity contribution in [2.24, 2.45) is 11.8 Å². The third kappa shape index (κ3) is 3.11. The van der Waals surface area contributed by atoms with Crippen LogP contribution in [0.1, 0.15) is 51.2 Å². The van der Waals surface area contributed by atoms with E-state index in [1.807, 2.05) is 25.7 Å². The maximum absolute atomic E-state index is 12.3. The third-order valence-electron chi connectivity index (χ3n) is 5.60.